The van der Waals surface area contributed by atoms with Gasteiger partial charge in [0, 0.05) is 23.6 Å². The third-order valence-electron chi connectivity index (χ3n) is 6.41. The number of carbonyl (C=O) groups is 1. The summed E-state index contributed by atoms with van der Waals surface area (Å²) >= 11 is 1.40. The smallest absolute Gasteiger partial charge is 0.280 e. The van der Waals surface area contributed by atoms with Crippen LogP contribution in [-0.2, 0) is 6.54 Å². The number of hydrogen-bond donors (Lipinski definition) is 1. The number of aromatic nitrogens is 4. The van der Waals surface area contributed by atoms with Gasteiger partial charge in [-0.05, 0) is 25.3 Å². The van der Waals surface area contributed by atoms with Crippen LogP contribution in [-0.4, -0.2) is 25.9 Å². The Balaban J connectivity index is 1.60. The number of amides is 1. The second kappa shape index (κ2) is 10.3. The second-order valence-corrected chi connectivity index (χ2v) is 9.70. The Morgan fingerprint density at radius 2 is 1.63 bits per heavy atom. The summed E-state index contributed by atoms with van der Waals surface area (Å²) in [4.78, 5) is 27.1. The lowest BCUT2D eigenvalue weighted by atomic mass is 9.90. The predicted octanol–water partition coefficient (Wildman–Crippen LogP) is 5.75. The molecule has 2 heterocycles. The minimum absolute atomic E-state index is 0.0568. The van der Waals surface area contributed by atoms with E-state index in [4.69, 9.17) is 0 Å². The fraction of sp³-hybridized carbons (Fsp3) is 0.296. The van der Waals surface area contributed by atoms with Gasteiger partial charge in [-0.25, -0.2) is 4.68 Å². The van der Waals surface area contributed by atoms with E-state index < -0.39 is 11.5 Å². The second-order valence-electron chi connectivity index (χ2n) is 8.69. The minimum atomic E-state index is -0.498. The number of nitrogens with one attached hydrogen (secondary N) is 1. The van der Waals surface area contributed by atoms with Crippen molar-refractivity contribution < 1.29 is 4.79 Å². The van der Waals surface area contributed by atoms with Crippen LogP contribution < -0.4 is 10.9 Å². The Bertz CT molecular complexity index is 1380. The number of nitrogens with zero attached hydrogens (tertiary/aromatic N) is 4. The van der Waals surface area contributed by atoms with Gasteiger partial charge in [-0.3, -0.25) is 14.9 Å². The molecule has 8 heteroatoms. The molecule has 4 aromatic rings. The van der Waals surface area contributed by atoms with Crippen molar-refractivity contribution in [3.63, 3.8) is 0 Å². The number of rotatable bonds is 6. The van der Waals surface area contributed by atoms with Crippen molar-refractivity contribution in [1.29, 1.82) is 0 Å². The quantitative estimate of drug-likeness (QED) is 0.376. The van der Waals surface area contributed by atoms with Gasteiger partial charge >= 0.3 is 0 Å². The molecule has 35 heavy (non-hydrogen) atoms. The van der Waals surface area contributed by atoms with E-state index in [1.807, 2.05) is 67.6 Å². The van der Waals surface area contributed by atoms with Crippen LogP contribution in [0.5, 0.6) is 0 Å². The molecule has 1 aliphatic rings. The zero-order valence-corrected chi connectivity index (χ0v) is 20.4. The van der Waals surface area contributed by atoms with Crippen LogP contribution in [0.4, 0.5) is 5.13 Å². The topological polar surface area (TPSA) is 89.8 Å². The van der Waals surface area contributed by atoms with Crippen molar-refractivity contribution in [3.8, 4) is 22.4 Å². The Morgan fingerprint density at radius 1 is 0.971 bits per heavy atom. The fourth-order valence-electron chi connectivity index (χ4n) is 4.64. The summed E-state index contributed by atoms with van der Waals surface area (Å²) in [5, 5.41) is 17.5. The zero-order chi connectivity index (χ0) is 24.2. The van der Waals surface area contributed by atoms with Crippen molar-refractivity contribution in [2.45, 2.75) is 51.5 Å². The molecule has 5 rings (SSSR count). The molecule has 0 atom stereocenters. The van der Waals surface area contributed by atoms with Crippen molar-refractivity contribution in [2.75, 3.05) is 5.32 Å². The molecule has 0 bridgehead atoms. The van der Waals surface area contributed by atoms with Gasteiger partial charge < -0.3 is 0 Å². The molecule has 1 amide bonds. The van der Waals surface area contributed by atoms with Gasteiger partial charge in [-0.15, -0.1) is 10.2 Å². The molecule has 0 radical (unpaired) electrons. The van der Waals surface area contributed by atoms with Crippen LogP contribution in [0.3, 0.4) is 0 Å². The highest BCUT2D eigenvalue weighted by Gasteiger charge is 2.26. The van der Waals surface area contributed by atoms with E-state index in [0.29, 0.717) is 28.9 Å². The third kappa shape index (κ3) is 4.79. The molecule has 2 aromatic heterocycles. The lowest BCUT2D eigenvalue weighted by Crippen LogP contribution is -2.32. The molecule has 1 fully saturated rings. The molecule has 0 spiro atoms. The highest BCUT2D eigenvalue weighted by atomic mass is 32.1. The summed E-state index contributed by atoms with van der Waals surface area (Å²) in [7, 11) is 0. The molecular formula is C27H27N5O2S. The van der Waals surface area contributed by atoms with Crippen molar-refractivity contribution in [1.82, 2.24) is 20.0 Å². The average Bonchev–Trinajstić information content (AvgIpc) is 3.38. The van der Waals surface area contributed by atoms with E-state index >= 15 is 0 Å². The van der Waals surface area contributed by atoms with E-state index in [1.54, 1.807) is 0 Å². The summed E-state index contributed by atoms with van der Waals surface area (Å²) in [5.41, 5.74) is 2.31. The summed E-state index contributed by atoms with van der Waals surface area (Å²) < 4.78 is 1.34. The van der Waals surface area contributed by atoms with Crippen molar-refractivity contribution in [2.24, 2.45) is 0 Å². The van der Waals surface area contributed by atoms with Crippen LogP contribution in [0.25, 0.3) is 22.4 Å². The van der Waals surface area contributed by atoms with E-state index in [0.717, 1.165) is 29.0 Å². The molecule has 178 valence electrons. The summed E-state index contributed by atoms with van der Waals surface area (Å²) in [5.74, 6) is -0.100. The number of anilines is 1. The Hall–Kier alpha value is -3.65. The van der Waals surface area contributed by atoms with Gasteiger partial charge in [0.25, 0.3) is 11.5 Å². The normalized spacial score (nSPS) is 14.1. The van der Waals surface area contributed by atoms with Crippen molar-refractivity contribution >= 4 is 22.4 Å². The summed E-state index contributed by atoms with van der Waals surface area (Å²) in [6, 6.07) is 19.1. The molecule has 7 nitrogen and oxygen atoms in total. The third-order valence-corrected chi connectivity index (χ3v) is 7.41. The van der Waals surface area contributed by atoms with E-state index in [2.05, 4.69) is 20.6 Å². The van der Waals surface area contributed by atoms with Crippen LogP contribution in [0, 0.1) is 0 Å². The molecular weight excluding hydrogens is 458 g/mol. The first-order valence-corrected chi connectivity index (χ1v) is 12.9. The molecule has 1 saturated carbocycles. The van der Waals surface area contributed by atoms with E-state index in [-0.39, 0.29) is 5.56 Å². The molecule has 0 saturated heterocycles. The minimum Gasteiger partial charge on any atom is -0.296 e. The van der Waals surface area contributed by atoms with Crippen LogP contribution in [0.1, 0.15) is 60.3 Å². The fourth-order valence-corrected chi connectivity index (χ4v) is 5.55. The lowest BCUT2D eigenvalue weighted by Gasteiger charge is -2.18. The van der Waals surface area contributed by atoms with Gasteiger partial charge in [0.05, 0.1) is 5.69 Å². The maximum Gasteiger partial charge on any atom is 0.280 e. The largest absolute Gasteiger partial charge is 0.296 e. The molecule has 2 aromatic carbocycles. The van der Waals surface area contributed by atoms with Crippen molar-refractivity contribution in [3.05, 3.63) is 81.6 Å². The number of carbonyl (C=O) groups excluding carboxylic acids is 1. The first-order valence-electron chi connectivity index (χ1n) is 12.1. The van der Waals surface area contributed by atoms with Gasteiger partial charge in [-0.2, -0.15) is 5.10 Å². The van der Waals surface area contributed by atoms with E-state index in [1.165, 1.54) is 35.3 Å². The number of aryl methyl sites for hydroxylation is 1. The molecule has 1 aliphatic carbocycles. The summed E-state index contributed by atoms with van der Waals surface area (Å²) in [6.45, 7) is 2.19. The standard InChI is InChI=1S/C27H27N5O2S/c1-2-32-26(34)22(24(33)28-27-30-29-25(35-27)20-16-10-5-11-17-20)21(18-12-6-3-7-13-18)23(31-32)19-14-8-4-9-15-19/h3-4,6-9,12-15,20H,2,5,10-11,16-17H2,1H3,(H,28,30,33). The number of hydrogen-bond acceptors (Lipinski definition) is 6. The van der Waals surface area contributed by atoms with Crippen LogP contribution in [0.15, 0.2) is 65.5 Å². The van der Waals surface area contributed by atoms with Crippen LogP contribution >= 0.6 is 11.3 Å². The highest BCUT2D eigenvalue weighted by Crippen LogP contribution is 2.36. The maximum atomic E-state index is 13.7. The Kier molecular flexibility index (Phi) is 6.81. The predicted molar refractivity (Wildman–Crippen MR) is 139 cm³/mol. The van der Waals surface area contributed by atoms with E-state index in [9.17, 15) is 9.59 Å². The number of benzene rings is 2. The zero-order valence-electron chi connectivity index (χ0n) is 19.6. The Morgan fingerprint density at radius 3 is 2.29 bits per heavy atom. The molecule has 0 aliphatic heterocycles. The van der Waals surface area contributed by atoms with Gasteiger partial charge in [-0.1, -0.05) is 91.3 Å². The first-order chi connectivity index (χ1) is 17.2. The first kappa shape index (κ1) is 23.1. The van der Waals surface area contributed by atoms with Gasteiger partial charge in [0.1, 0.15) is 10.6 Å². The Labute approximate surface area is 207 Å². The van der Waals surface area contributed by atoms with Crippen LogP contribution in [0.2, 0.25) is 0 Å². The highest BCUT2D eigenvalue weighted by molar-refractivity contribution is 7.15. The maximum absolute atomic E-state index is 13.7. The van der Waals surface area contributed by atoms with Gasteiger partial charge in [0.15, 0.2) is 0 Å². The summed E-state index contributed by atoms with van der Waals surface area (Å²) in [6.07, 6.45) is 5.86. The average molecular weight is 486 g/mol. The molecule has 0 unspecified atom stereocenters. The lowest BCUT2D eigenvalue weighted by molar-refractivity contribution is 0.102. The molecule has 1 N–H and O–H groups in total. The monoisotopic (exact) mass is 485 g/mol. The van der Waals surface area contributed by atoms with Gasteiger partial charge in [0.2, 0.25) is 5.13 Å². The SMILES string of the molecule is CCn1nc(-c2ccccc2)c(-c2ccccc2)c(C(=O)Nc2nnc(C3CCCCC3)s2)c1=O.